The smallest absolute Gasteiger partial charge is 0.269 e. The Morgan fingerprint density at radius 3 is 2.72 bits per heavy atom. The lowest BCUT2D eigenvalue weighted by molar-refractivity contribution is 0.0939. The maximum absolute atomic E-state index is 12.2. The van der Waals surface area contributed by atoms with E-state index in [-0.39, 0.29) is 23.6 Å². The molecular formula is C19H22ClN3O2. The van der Waals surface area contributed by atoms with Gasteiger partial charge < -0.3 is 10.6 Å². The van der Waals surface area contributed by atoms with E-state index in [1.807, 2.05) is 38.1 Å². The summed E-state index contributed by atoms with van der Waals surface area (Å²) in [6.45, 7) is 4.39. The highest BCUT2D eigenvalue weighted by molar-refractivity contribution is 6.30. The number of pyridine rings is 1. The second-order valence-corrected chi connectivity index (χ2v) is 6.28. The lowest BCUT2D eigenvalue weighted by Gasteiger charge is -2.11. The molecule has 0 aliphatic carbocycles. The van der Waals surface area contributed by atoms with Crippen LogP contribution in [-0.2, 0) is 6.42 Å². The van der Waals surface area contributed by atoms with Crippen molar-refractivity contribution < 1.29 is 9.59 Å². The first-order valence-corrected chi connectivity index (χ1v) is 8.67. The van der Waals surface area contributed by atoms with Gasteiger partial charge in [0.25, 0.3) is 11.8 Å². The minimum atomic E-state index is -0.305. The van der Waals surface area contributed by atoms with Crippen molar-refractivity contribution >= 4 is 23.4 Å². The summed E-state index contributed by atoms with van der Waals surface area (Å²) in [5.74, 6) is -0.509. The average molecular weight is 360 g/mol. The van der Waals surface area contributed by atoms with Crippen molar-refractivity contribution in [3.05, 3.63) is 64.4 Å². The number of benzene rings is 1. The molecule has 0 aliphatic rings. The van der Waals surface area contributed by atoms with Gasteiger partial charge in [-0.1, -0.05) is 30.7 Å². The predicted molar refractivity (Wildman–Crippen MR) is 98.9 cm³/mol. The maximum atomic E-state index is 12.2. The molecule has 132 valence electrons. The van der Waals surface area contributed by atoms with Crippen LogP contribution in [0.5, 0.6) is 0 Å². The molecule has 2 N–H and O–H groups in total. The molecule has 1 aromatic carbocycles. The molecule has 0 spiro atoms. The number of hydrogen-bond acceptors (Lipinski definition) is 3. The van der Waals surface area contributed by atoms with Gasteiger partial charge in [0.15, 0.2) is 0 Å². The third kappa shape index (κ3) is 5.87. The lowest BCUT2D eigenvalue weighted by atomic mass is 10.1. The van der Waals surface area contributed by atoms with Crippen molar-refractivity contribution in [2.24, 2.45) is 0 Å². The highest BCUT2D eigenvalue weighted by Gasteiger charge is 2.13. The van der Waals surface area contributed by atoms with Crippen LogP contribution in [0.3, 0.4) is 0 Å². The zero-order valence-electron chi connectivity index (χ0n) is 14.4. The van der Waals surface area contributed by atoms with Gasteiger partial charge in [-0.15, -0.1) is 0 Å². The number of carbonyl (C=O) groups excluding carboxylic acids is 2. The van der Waals surface area contributed by atoms with E-state index in [4.69, 9.17) is 11.6 Å². The average Bonchev–Trinajstić information content (AvgIpc) is 2.61. The number of aromatic nitrogens is 1. The highest BCUT2D eigenvalue weighted by atomic mass is 35.5. The molecule has 0 saturated carbocycles. The molecule has 2 rings (SSSR count). The fraction of sp³-hybridized carbons (Fsp3) is 0.316. The molecule has 0 saturated heterocycles. The van der Waals surface area contributed by atoms with Crippen molar-refractivity contribution in [3.63, 3.8) is 0 Å². The minimum Gasteiger partial charge on any atom is -0.350 e. The van der Waals surface area contributed by atoms with E-state index in [1.165, 1.54) is 12.3 Å². The van der Waals surface area contributed by atoms with Gasteiger partial charge in [0.2, 0.25) is 0 Å². The summed E-state index contributed by atoms with van der Waals surface area (Å²) in [7, 11) is 0. The third-order valence-electron chi connectivity index (χ3n) is 3.83. The van der Waals surface area contributed by atoms with E-state index in [0.717, 1.165) is 12.0 Å². The summed E-state index contributed by atoms with van der Waals surface area (Å²) < 4.78 is 0. The van der Waals surface area contributed by atoms with Gasteiger partial charge >= 0.3 is 0 Å². The SMILES string of the molecule is CCC(C)NC(=O)c1ccnc(C(=O)NCCc2cccc(Cl)c2)c1. The number of nitrogens with zero attached hydrogens (tertiary/aromatic N) is 1. The van der Waals surface area contributed by atoms with Crippen LogP contribution in [0.4, 0.5) is 0 Å². The summed E-state index contributed by atoms with van der Waals surface area (Å²) in [5, 5.41) is 6.35. The van der Waals surface area contributed by atoms with Crippen molar-refractivity contribution in [2.45, 2.75) is 32.7 Å². The molecule has 1 aromatic heterocycles. The van der Waals surface area contributed by atoms with Crippen molar-refractivity contribution in [1.29, 1.82) is 0 Å². The largest absolute Gasteiger partial charge is 0.350 e. The number of halogens is 1. The molecule has 1 unspecified atom stereocenters. The summed E-state index contributed by atoms with van der Waals surface area (Å²) in [5.41, 5.74) is 1.70. The van der Waals surface area contributed by atoms with Gasteiger partial charge in [-0.3, -0.25) is 14.6 Å². The van der Waals surface area contributed by atoms with E-state index < -0.39 is 0 Å². The topological polar surface area (TPSA) is 71.1 Å². The normalized spacial score (nSPS) is 11.6. The van der Waals surface area contributed by atoms with Crippen LogP contribution in [0, 0.1) is 0 Å². The maximum Gasteiger partial charge on any atom is 0.269 e. The first-order chi connectivity index (χ1) is 12.0. The fourth-order valence-corrected chi connectivity index (χ4v) is 2.42. The van der Waals surface area contributed by atoms with E-state index in [9.17, 15) is 9.59 Å². The predicted octanol–water partition coefficient (Wildman–Crippen LogP) is 3.24. The lowest BCUT2D eigenvalue weighted by Crippen LogP contribution is -2.32. The number of carbonyl (C=O) groups is 2. The van der Waals surface area contributed by atoms with Gasteiger partial charge in [0.05, 0.1) is 0 Å². The van der Waals surface area contributed by atoms with Gasteiger partial charge in [0.1, 0.15) is 5.69 Å². The van der Waals surface area contributed by atoms with Gasteiger partial charge in [-0.25, -0.2) is 0 Å². The van der Waals surface area contributed by atoms with Crippen LogP contribution in [0.1, 0.15) is 46.7 Å². The van der Waals surface area contributed by atoms with E-state index in [2.05, 4.69) is 15.6 Å². The summed E-state index contributed by atoms with van der Waals surface area (Å²) in [6.07, 6.45) is 2.98. The Bertz CT molecular complexity index is 749. The van der Waals surface area contributed by atoms with Crippen LogP contribution in [0.15, 0.2) is 42.6 Å². The Kier molecular flexibility index (Phi) is 6.95. The van der Waals surface area contributed by atoms with Gasteiger partial charge in [-0.05, 0) is 49.6 Å². The molecule has 1 atom stereocenters. The van der Waals surface area contributed by atoms with E-state index in [1.54, 1.807) is 6.07 Å². The van der Waals surface area contributed by atoms with Crippen LogP contribution in [0.2, 0.25) is 5.02 Å². The Balaban J connectivity index is 1.93. The molecule has 2 aromatic rings. The molecule has 0 radical (unpaired) electrons. The van der Waals surface area contributed by atoms with E-state index >= 15 is 0 Å². The Labute approximate surface area is 152 Å². The Morgan fingerprint density at radius 2 is 2.00 bits per heavy atom. The van der Waals surface area contributed by atoms with Gasteiger partial charge in [-0.2, -0.15) is 0 Å². The van der Waals surface area contributed by atoms with Crippen molar-refractivity contribution in [3.8, 4) is 0 Å². The van der Waals surface area contributed by atoms with E-state index in [0.29, 0.717) is 23.6 Å². The quantitative estimate of drug-likeness (QED) is 0.797. The second kappa shape index (κ2) is 9.18. The summed E-state index contributed by atoms with van der Waals surface area (Å²) in [4.78, 5) is 28.4. The van der Waals surface area contributed by atoms with Crippen molar-refractivity contribution in [2.75, 3.05) is 6.54 Å². The summed E-state index contributed by atoms with van der Waals surface area (Å²) in [6, 6.07) is 10.7. The molecule has 0 bridgehead atoms. The highest BCUT2D eigenvalue weighted by Crippen LogP contribution is 2.10. The van der Waals surface area contributed by atoms with Crippen molar-refractivity contribution in [1.82, 2.24) is 15.6 Å². The molecule has 0 fully saturated rings. The number of nitrogens with one attached hydrogen (secondary N) is 2. The molecule has 1 heterocycles. The number of hydrogen-bond donors (Lipinski definition) is 2. The van der Waals surface area contributed by atoms with Crippen LogP contribution >= 0.6 is 11.6 Å². The molecular weight excluding hydrogens is 338 g/mol. The zero-order valence-corrected chi connectivity index (χ0v) is 15.1. The molecule has 2 amide bonds. The summed E-state index contributed by atoms with van der Waals surface area (Å²) >= 11 is 5.94. The van der Waals surface area contributed by atoms with Gasteiger partial charge in [0, 0.05) is 29.4 Å². The van der Waals surface area contributed by atoms with Crippen LogP contribution in [-0.4, -0.2) is 29.4 Å². The monoisotopic (exact) mass is 359 g/mol. The Hall–Kier alpha value is -2.40. The van der Waals surface area contributed by atoms with Crippen LogP contribution < -0.4 is 10.6 Å². The minimum absolute atomic E-state index is 0.0793. The molecule has 6 heteroatoms. The second-order valence-electron chi connectivity index (χ2n) is 5.85. The Morgan fingerprint density at radius 1 is 1.20 bits per heavy atom. The number of amides is 2. The third-order valence-corrected chi connectivity index (χ3v) is 4.07. The fourth-order valence-electron chi connectivity index (χ4n) is 2.21. The molecule has 5 nitrogen and oxygen atoms in total. The first kappa shape index (κ1) is 18.9. The molecule has 0 aliphatic heterocycles. The van der Waals surface area contributed by atoms with Crippen LogP contribution in [0.25, 0.3) is 0 Å². The standard InChI is InChI=1S/C19H22ClN3O2/c1-3-13(2)23-18(24)15-8-10-21-17(12-15)19(25)22-9-7-14-5-4-6-16(20)11-14/h4-6,8,10-13H,3,7,9H2,1-2H3,(H,22,25)(H,23,24). The first-order valence-electron chi connectivity index (χ1n) is 8.29. The molecule has 25 heavy (non-hydrogen) atoms. The number of rotatable bonds is 7. The zero-order chi connectivity index (χ0) is 18.2.